The molecule has 112 valence electrons. The Balaban J connectivity index is 2.45. The Labute approximate surface area is 128 Å². The number of anilines is 1. The molecule has 0 aromatic carbocycles. The van der Waals surface area contributed by atoms with E-state index in [-0.39, 0.29) is 5.56 Å². The summed E-state index contributed by atoms with van der Waals surface area (Å²) in [7, 11) is 1.85. The lowest BCUT2D eigenvalue weighted by atomic mass is 10.0. The van der Waals surface area contributed by atoms with Gasteiger partial charge in [-0.2, -0.15) is 5.10 Å². The van der Waals surface area contributed by atoms with E-state index in [0.717, 1.165) is 16.1 Å². The van der Waals surface area contributed by atoms with Crippen LogP contribution < -0.4 is 4.90 Å². The quantitative estimate of drug-likeness (QED) is 0.888. The van der Waals surface area contributed by atoms with E-state index in [1.54, 1.807) is 11.3 Å². The van der Waals surface area contributed by atoms with Crippen LogP contribution in [0.4, 0.5) is 5.82 Å². The van der Waals surface area contributed by atoms with Crippen molar-refractivity contribution in [2.24, 2.45) is 0 Å². The third-order valence-electron chi connectivity index (χ3n) is 3.38. The summed E-state index contributed by atoms with van der Waals surface area (Å²) in [5, 5.41) is 20.0. The summed E-state index contributed by atoms with van der Waals surface area (Å²) in [5.41, 5.74) is 1.83. The molecule has 0 aliphatic carbocycles. The fourth-order valence-corrected chi connectivity index (χ4v) is 3.12. The summed E-state index contributed by atoms with van der Waals surface area (Å²) < 4.78 is 0. The molecular formula is C15H19N3O2S. The number of aromatic nitrogens is 2. The Hall–Kier alpha value is -1.95. The second kappa shape index (κ2) is 6.67. The van der Waals surface area contributed by atoms with E-state index in [2.05, 4.69) is 10.2 Å². The summed E-state index contributed by atoms with van der Waals surface area (Å²) in [6.45, 7) is 4.54. The minimum atomic E-state index is -0.940. The summed E-state index contributed by atoms with van der Waals surface area (Å²) >= 11 is 1.64. The summed E-state index contributed by atoms with van der Waals surface area (Å²) in [5.74, 6) is -0.505. The van der Waals surface area contributed by atoms with Gasteiger partial charge in [-0.1, -0.05) is 19.9 Å². The number of carboxylic acids is 1. The Bertz CT molecular complexity index is 626. The highest BCUT2D eigenvalue weighted by atomic mass is 32.1. The first-order chi connectivity index (χ1) is 10.1. The number of carboxylic acid groups (broad SMARTS) is 1. The van der Waals surface area contributed by atoms with Gasteiger partial charge in [-0.25, -0.2) is 4.79 Å². The molecule has 0 saturated heterocycles. The topological polar surface area (TPSA) is 66.3 Å². The van der Waals surface area contributed by atoms with Gasteiger partial charge in [0.15, 0.2) is 5.82 Å². The number of rotatable bonds is 6. The molecule has 0 amide bonds. The Morgan fingerprint density at radius 2 is 2.10 bits per heavy atom. The zero-order valence-electron chi connectivity index (χ0n) is 12.5. The van der Waals surface area contributed by atoms with E-state index in [4.69, 9.17) is 0 Å². The van der Waals surface area contributed by atoms with E-state index in [1.807, 2.05) is 43.3 Å². The van der Waals surface area contributed by atoms with Crippen LogP contribution in [0.3, 0.4) is 0 Å². The van der Waals surface area contributed by atoms with E-state index in [0.29, 0.717) is 25.2 Å². The Kier molecular flexibility index (Phi) is 4.90. The van der Waals surface area contributed by atoms with Gasteiger partial charge in [0.05, 0.1) is 12.2 Å². The van der Waals surface area contributed by atoms with Crippen molar-refractivity contribution in [1.29, 1.82) is 0 Å². The molecule has 0 saturated carbocycles. The second-order valence-corrected chi connectivity index (χ2v) is 5.80. The minimum Gasteiger partial charge on any atom is -0.478 e. The molecule has 2 heterocycles. The lowest BCUT2D eigenvalue weighted by molar-refractivity contribution is 0.0695. The predicted molar refractivity (Wildman–Crippen MR) is 84.2 cm³/mol. The number of hydrogen-bond donors (Lipinski definition) is 1. The number of hydrogen-bond acceptors (Lipinski definition) is 5. The number of carbonyl (C=O) groups is 1. The van der Waals surface area contributed by atoms with Gasteiger partial charge in [-0.05, 0) is 29.9 Å². The number of aromatic carboxylic acids is 1. The van der Waals surface area contributed by atoms with Crippen LogP contribution in [0.15, 0.2) is 17.5 Å². The molecular weight excluding hydrogens is 286 g/mol. The van der Waals surface area contributed by atoms with E-state index >= 15 is 0 Å². The van der Waals surface area contributed by atoms with Gasteiger partial charge < -0.3 is 10.0 Å². The molecule has 0 fully saturated rings. The van der Waals surface area contributed by atoms with Crippen molar-refractivity contribution < 1.29 is 9.90 Å². The standard InChI is InChI=1S/C15H19N3O2S/c1-4-11-12(5-2)16-17-14(13(11)15(19)20)18(3)9-10-7-6-8-21-10/h6-8H,4-5,9H2,1-3H3,(H,19,20). The van der Waals surface area contributed by atoms with Crippen molar-refractivity contribution in [3.8, 4) is 0 Å². The van der Waals surface area contributed by atoms with Crippen LogP contribution in [0.25, 0.3) is 0 Å². The molecule has 2 aromatic heterocycles. The number of aryl methyl sites for hydroxylation is 1. The van der Waals surface area contributed by atoms with Crippen LogP contribution in [0.1, 0.15) is 40.3 Å². The average molecular weight is 305 g/mol. The predicted octanol–water partition coefficient (Wildman–Crippen LogP) is 3.00. The SMILES string of the molecule is CCc1nnc(N(C)Cc2cccs2)c(C(=O)O)c1CC. The van der Waals surface area contributed by atoms with Gasteiger partial charge in [-0.3, -0.25) is 0 Å². The van der Waals surface area contributed by atoms with Crippen molar-refractivity contribution in [1.82, 2.24) is 10.2 Å². The molecule has 2 rings (SSSR count). The third kappa shape index (κ3) is 3.21. The van der Waals surface area contributed by atoms with Crippen LogP contribution in [-0.2, 0) is 19.4 Å². The molecule has 0 bridgehead atoms. The lowest BCUT2D eigenvalue weighted by Crippen LogP contribution is -2.23. The smallest absolute Gasteiger partial charge is 0.339 e. The summed E-state index contributed by atoms with van der Waals surface area (Å²) in [6, 6.07) is 4.01. The molecule has 1 N–H and O–H groups in total. The van der Waals surface area contributed by atoms with Gasteiger partial charge in [0.1, 0.15) is 5.56 Å². The van der Waals surface area contributed by atoms with Gasteiger partial charge in [0, 0.05) is 11.9 Å². The van der Waals surface area contributed by atoms with Crippen LogP contribution in [0.2, 0.25) is 0 Å². The number of nitrogens with zero attached hydrogens (tertiary/aromatic N) is 3. The van der Waals surface area contributed by atoms with E-state index in [1.165, 1.54) is 0 Å². The maximum atomic E-state index is 11.7. The Morgan fingerprint density at radius 1 is 1.33 bits per heavy atom. The second-order valence-electron chi connectivity index (χ2n) is 4.77. The average Bonchev–Trinajstić information content (AvgIpc) is 2.98. The first-order valence-corrected chi connectivity index (χ1v) is 7.81. The minimum absolute atomic E-state index is 0.281. The Morgan fingerprint density at radius 3 is 2.62 bits per heavy atom. The zero-order valence-corrected chi connectivity index (χ0v) is 13.3. The molecule has 0 unspecified atom stereocenters. The molecule has 5 nitrogen and oxygen atoms in total. The van der Waals surface area contributed by atoms with Crippen molar-refractivity contribution >= 4 is 23.1 Å². The van der Waals surface area contributed by atoms with Crippen molar-refractivity contribution in [3.05, 3.63) is 39.2 Å². The highest BCUT2D eigenvalue weighted by molar-refractivity contribution is 7.09. The van der Waals surface area contributed by atoms with Crippen molar-refractivity contribution in [3.63, 3.8) is 0 Å². The lowest BCUT2D eigenvalue weighted by Gasteiger charge is -2.21. The van der Waals surface area contributed by atoms with Crippen LogP contribution >= 0.6 is 11.3 Å². The first kappa shape index (κ1) is 15.4. The molecule has 0 atom stereocenters. The van der Waals surface area contributed by atoms with Crippen LogP contribution in [0, 0.1) is 0 Å². The monoisotopic (exact) mass is 305 g/mol. The molecule has 0 aliphatic heterocycles. The molecule has 6 heteroatoms. The molecule has 0 aliphatic rings. The third-order valence-corrected chi connectivity index (χ3v) is 4.24. The van der Waals surface area contributed by atoms with Crippen molar-refractivity contribution in [2.45, 2.75) is 33.2 Å². The van der Waals surface area contributed by atoms with E-state index in [9.17, 15) is 9.90 Å². The first-order valence-electron chi connectivity index (χ1n) is 6.93. The van der Waals surface area contributed by atoms with Gasteiger partial charge in [0.25, 0.3) is 0 Å². The van der Waals surface area contributed by atoms with Gasteiger partial charge >= 0.3 is 5.97 Å². The van der Waals surface area contributed by atoms with Crippen molar-refractivity contribution in [2.75, 3.05) is 11.9 Å². The molecule has 0 spiro atoms. The molecule has 2 aromatic rings. The van der Waals surface area contributed by atoms with Gasteiger partial charge in [0.2, 0.25) is 0 Å². The summed E-state index contributed by atoms with van der Waals surface area (Å²) in [6.07, 6.45) is 1.32. The van der Waals surface area contributed by atoms with Crippen LogP contribution in [-0.4, -0.2) is 28.3 Å². The van der Waals surface area contributed by atoms with Crippen LogP contribution in [0.5, 0.6) is 0 Å². The highest BCUT2D eigenvalue weighted by Crippen LogP contribution is 2.25. The fraction of sp³-hybridized carbons (Fsp3) is 0.400. The fourth-order valence-electron chi connectivity index (χ4n) is 2.37. The van der Waals surface area contributed by atoms with Gasteiger partial charge in [-0.15, -0.1) is 16.4 Å². The maximum absolute atomic E-state index is 11.7. The maximum Gasteiger partial charge on any atom is 0.339 e. The van der Waals surface area contributed by atoms with E-state index < -0.39 is 5.97 Å². The summed E-state index contributed by atoms with van der Waals surface area (Å²) in [4.78, 5) is 14.7. The normalized spacial score (nSPS) is 10.6. The molecule has 0 radical (unpaired) electrons. The largest absolute Gasteiger partial charge is 0.478 e. The highest BCUT2D eigenvalue weighted by Gasteiger charge is 2.22. The molecule has 21 heavy (non-hydrogen) atoms. The zero-order chi connectivity index (χ0) is 15.4. The number of thiophene rings is 1.